The normalized spacial score (nSPS) is 11.2. The van der Waals surface area contributed by atoms with Crippen LogP contribution in [-0.4, -0.2) is 24.9 Å². The van der Waals surface area contributed by atoms with E-state index in [0.717, 1.165) is 35.7 Å². The van der Waals surface area contributed by atoms with Crippen LogP contribution in [0.25, 0.3) is 22.3 Å². The minimum atomic E-state index is 0.244. The SMILES string of the molecule is Oc1ccc(-c2nnc(Cc3c[nH]c4ccccc34)n2CCc2ccccc2)cc1. The fourth-order valence-corrected chi connectivity index (χ4v) is 3.86. The van der Waals surface area contributed by atoms with Crippen LogP contribution in [0.2, 0.25) is 0 Å². The summed E-state index contributed by atoms with van der Waals surface area (Å²) in [4.78, 5) is 3.35. The Morgan fingerprint density at radius 3 is 2.43 bits per heavy atom. The first kappa shape index (κ1) is 18.2. The molecule has 0 spiro atoms. The molecule has 2 heterocycles. The van der Waals surface area contributed by atoms with Gasteiger partial charge in [0.2, 0.25) is 0 Å². The summed E-state index contributed by atoms with van der Waals surface area (Å²) >= 11 is 0. The number of benzene rings is 3. The average Bonchev–Trinajstić information content (AvgIpc) is 3.38. The molecule has 2 aromatic heterocycles. The minimum Gasteiger partial charge on any atom is -0.508 e. The van der Waals surface area contributed by atoms with E-state index in [1.165, 1.54) is 16.5 Å². The molecule has 0 atom stereocenters. The Hall–Kier alpha value is -3.86. The highest BCUT2D eigenvalue weighted by Gasteiger charge is 2.16. The number of aryl methyl sites for hydroxylation is 1. The van der Waals surface area contributed by atoms with Crippen LogP contribution in [0.3, 0.4) is 0 Å². The number of rotatable bonds is 6. The van der Waals surface area contributed by atoms with Crippen molar-refractivity contribution in [1.82, 2.24) is 19.7 Å². The third kappa shape index (κ3) is 3.57. The molecule has 0 saturated heterocycles. The highest BCUT2D eigenvalue weighted by atomic mass is 16.3. The Bertz CT molecular complexity index is 1270. The lowest BCUT2D eigenvalue weighted by Gasteiger charge is -2.11. The lowest BCUT2D eigenvalue weighted by molar-refractivity contribution is 0.475. The van der Waals surface area contributed by atoms with Gasteiger partial charge in [-0.25, -0.2) is 0 Å². The molecular weight excluding hydrogens is 372 g/mol. The molecule has 5 rings (SSSR count). The molecule has 30 heavy (non-hydrogen) atoms. The number of phenols is 1. The van der Waals surface area contributed by atoms with Crippen molar-refractivity contribution < 1.29 is 5.11 Å². The molecule has 3 aromatic carbocycles. The van der Waals surface area contributed by atoms with Gasteiger partial charge in [-0.05, 0) is 47.9 Å². The van der Waals surface area contributed by atoms with Crippen LogP contribution in [0.15, 0.2) is 85.1 Å². The maximum absolute atomic E-state index is 9.66. The van der Waals surface area contributed by atoms with E-state index in [4.69, 9.17) is 0 Å². The molecule has 5 heteroatoms. The maximum atomic E-state index is 9.66. The Morgan fingerprint density at radius 2 is 1.60 bits per heavy atom. The largest absolute Gasteiger partial charge is 0.508 e. The fourth-order valence-electron chi connectivity index (χ4n) is 3.86. The summed E-state index contributed by atoms with van der Waals surface area (Å²) in [6, 6.07) is 25.9. The van der Waals surface area contributed by atoms with E-state index in [9.17, 15) is 5.11 Å². The molecule has 0 aliphatic rings. The number of aromatic hydroxyl groups is 1. The third-order valence-electron chi connectivity index (χ3n) is 5.44. The third-order valence-corrected chi connectivity index (χ3v) is 5.44. The Labute approximate surface area is 174 Å². The van der Waals surface area contributed by atoms with E-state index in [1.54, 1.807) is 12.1 Å². The Kier molecular flexibility index (Phi) is 4.77. The van der Waals surface area contributed by atoms with Crippen molar-refractivity contribution in [1.29, 1.82) is 0 Å². The molecule has 0 bridgehead atoms. The number of nitrogens with zero attached hydrogens (tertiary/aromatic N) is 3. The highest BCUT2D eigenvalue weighted by Crippen LogP contribution is 2.25. The van der Waals surface area contributed by atoms with Gasteiger partial charge in [-0.1, -0.05) is 48.5 Å². The summed E-state index contributed by atoms with van der Waals surface area (Å²) in [6.07, 6.45) is 3.65. The average molecular weight is 394 g/mol. The van der Waals surface area contributed by atoms with Crippen molar-refractivity contribution in [2.24, 2.45) is 0 Å². The molecular formula is C25H22N4O. The number of aromatic nitrogens is 4. The maximum Gasteiger partial charge on any atom is 0.163 e. The summed E-state index contributed by atoms with van der Waals surface area (Å²) in [7, 11) is 0. The van der Waals surface area contributed by atoms with Crippen LogP contribution >= 0.6 is 0 Å². The second-order valence-electron chi connectivity index (χ2n) is 7.41. The van der Waals surface area contributed by atoms with Gasteiger partial charge < -0.3 is 14.7 Å². The van der Waals surface area contributed by atoms with E-state index in [1.807, 2.05) is 24.3 Å². The second kappa shape index (κ2) is 7.87. The van der Waals surface area contributed by atoms with Crippen molar-refractivity contribution >= 4 is 10.9 Å². The van der Waals surface area contributed by atoms with Gasteiger partial charge >= 0.3 is 0 Å². The van der Waals surface area contributed by atoms with Crippen molar-refractivity contribution in [2.45, 2.75) is 19.4 Å². The number of hydrogen-bond acceptors (Lipinski definition) is 3. The minimum absolute atomic E-state index is 0.244. The quantitative estimate of drug-likeness (QED) is 0.427. The van der Waals surface area contributed by atoms with Gasteiger partial charge in [-0.3, -0.25) is 0 Å². The van der Waals surface area contributed by atoms with Gasteiger partial charge in [-0.15, -0.1) is 10.2 Å². The lowest BCUT2D eigenvalue weighted by atomic mass is 10.1. The number of fused-ring (bicyclic) bond motifs is 1. The highest BCUT2D eigenvalue weighted by molar-refractivity contribution is 5.83. The van der Waals surface area contributed by atoms with Gasteiger partial charge in [0, 0.05) is 35.6 Å². The zero-order valence-electron chi connectivity index (χ0n) is 16.5. The lowest BCUT2D eigenvalue weighted by Crippen LogP contribution is -2.08. The Morgan fingerprint density at radius 1 is 0.833 bits per heavy atom. The molecule has 0 unspecified atom stereocenters. The summed E-state index contributed by atoms with van der Waals surface area (Å²) in [6.45, 7) is 0.783. The van der Waals surface area contributed by atoms with Crippen molar-refractivity contribution in [3.63, 3.8) is 0 Å². The summed E-state index contributed by atoms with van der Waals surface area (Å²) in [5.74, 6) is 1.99. The van der Waals surface area contributed by atoms with E-state index in [0.29, 0.717) is 6.42 Å². The predicted molar refractivity (Wildman–Crippen MR) is 118 cm³/mol. The molecule has 0 aliphatic heterocycles. The van der Waals surface area contributed by atoms with Crippen molar-refractivity contribution in [3.8, 4) is 17.1 Å². The first-order valence-corrected chi connectivity index (χ1v) is 10.1. The molecule has 0 radical (unpaired) electrons. The van der Waals surface area contributed by atoms with Gasteiger partial charge in [0.1, 0.15) is 11.6 Å². The smallest absolute Gasteiger partial charge is 0.163 e. The summed E-state index contributed by atoms with van der Waals surface area (Å²) in [5.41, 5.74) is 4.55. The van der Waals surface area contributed by atoms with Crippen LogP contribution in [-0.2, 0) is 19.4 Å². The molecule has 0 saturated carbocycles. The summed E-state index contributed by atoms with van der Waals surface area (Å²) < 4.78 is 2.20. The predicted octanol–water partition coefficient (Wildman–Crippen LogP) is 4.97. The van der Waals surface area contributed by atoms with Crippen LogP contribution < -0.4 is 0 Å². The number of aromatic amines is 1. The first-order chi connectivity index (χ1) is 14.8. The molecule has 5 aromatic rings. The number of hydrogen-bond donors (Lipinski definition) is 2. The second-order valence-corrected chi connectivity index (χ2v) is 7.41. The Balaban J connectivity index is 1.52. The van der Waals surface area contributed by atoms with Crippen LogP contribution in [0.1, 0.15) is 17.0 Å². The number of phenolic OH excluding ortho intramolecular Hbond substituents is 1. The van der Waals surface area contributed by atoms with E-state index in [-0.39, 0.29) is 5.75 Å². The zero-order chi connectivity index (χ0) is 20.3. The molecule has 0 fully saturated rings. The first-order valence-electron chi connectivity index (χ1n) is 10.1. The molecule has 5 nitrogen and oxygen atoms in total. The van der Waals surface area contributed by atoms with E-state index in [2.05, 4.69) is 68.4 Å². The van der Waals surface area contributed by atoms with Crippen molar-refractivity contribution in [3.05, 3.63) is 102 Å². The van der Waals surface area contributed by atoms with Crippen LogP contribution in [0.5, 0.6) is 5.75 Å². The topological polar surface area (TPSA) is 66.7 Å². The van der Waals surface area contributed by atoms with Gasteiger partial charge in [0.25, 0.3) is 0 Å². The standard InChI is InChI=1S/C25H22N4O/c30-21-12-10-19(11-13-21)25-28-27-24(29(25)15-14-18-6-2-1-3-7-18)16-20-17-26-23-9-5-4-8-22(20)23/h1-13,17,26,30H,14-16H2. The van der Waals surface area contributed by atoms with Gasteiger partial charge in [-0.2, -0.15) is 0 Å². The summed E-state index contributed by atoms with van der Waals surface area (Å²) in [5, 5.41) is 19.9. The number of nitrogens with one attached hydrogen (secondary N) is 1. The molecule has 2 N–H and O–H groups in total. The molecule has 0 aliphatic carbocycles. The fraction of sp³-hybridized carbons (Fsp3) is 0.120. The number of H-pyrrole nitrogens is 1. The van der Waals surface area contributed by atoms with E-state index >= 15 is 0 Å². The monoisotopic (exact) mass is 394 g/mol. The zero-order valence-corrected chi connectivity index (χ0v) is 16.5. The van der Waals surface area contributed by atoms with E-state index < -0.39 is 0 Å². The van der Waals surface area contributed by atoms with Crippen LogP contribution in [0, 0.1) is 0 Å². The van der Waals surface area contributed by atoms with Gasteiger partial charge in [0.15, 0.2) is 5.82 Å². The van der Waals surface area contributed by atoms with Crippen LogP contribution in [0.4, 0.5) is 0 Å². The van der Waals surface area contributed by atoms with Gasteiger partial charge in [0.05, 0.1) is 0 Å². The molecule has 148 valence electrons. The number of para-hydroxylation sites is 1. The molecule has 0 amide bonds. The van der Waals surface area contributed by atoms with Crippen molar-refractivity contribution in [2.75, 3.05) is 0 Å².